The van der Waals surface area contributed by atoms with Crippen molar-refractivity contribution in [2.24, 2.45) is 0 Å². The lowest BCUT2D eigenvalue weighted by atomic mass is 10.3. The van der Waals surface area contributed by atoms with E-state index >= 15 is 0 Å². The van der Waals surface area contributed by atoms with Crippen LogP contribution < -0.4 is 5.32 Å². The van der Waals surface area contributed by atoms with E-state index in [4.69, 9.17) is 11.6 Å². The van der Waals surface area contributed by atoms with Crippen LogP contribution in [0.5, 0.6) is 0 Å². The van der Waals surface area contributed by atoms with Gasteiger partial charge in [0.1, 0.15) is 0 Å². The summed E-state index contributed by atoms with van der Waals surface area (Å²) in [6.07, 6.45) is 1.15. The summed E-state index contributed by atoms with van der Waals surface area (Å²) in [5.74, 6) is 0. The van der Waals surface area contributed by atoms with Gasteiger partial charge in [-0.25, -0.2) is 8.42 Å². The van der Waals surface area contributed by atoms with Gasteiger partial charge in [-0.1, -0.05) is 11.6 Å². The first kappa shape index (κ1) is 10.3. The van der Waals surface area contributed by atoms with Crippen LogP contribution in [0, 0.1) is 0 Å². The molecule has 0 amide bonds. The average Bonchev–Trinajstić information content (AvgIpc) is 2.02. The highest BCUT2D eigenvalue weighted by Crippen LogP contribution is 2.24. The molecule has 13 heavy (non-hydrogen) atoms. The van der Waals surface area contributed by atoms with Crippen LogP contribution in [-0.4, -0.2) is 21.7 Å². The van der Waals surface area contributed by atoms with Gasteiger partial charge in [0.2, 0.25) is 0 Å². The molecule has 0 aliphatic rings. The van der Waals surface area contributed by atoms with E-state index in [1.54, 1.807) is 13.1 Å². The fraction of sp³-hybridized carbons (Fsp3) is 0.250. The highest BCUT2D eigenvalue weighted by Gasteiger charge is 2.08. The van der Waals surface area contributed by atoms with Crippen LogP contribution in [0.3, 0.4) is 0 Å². The molecule has 0 saturated heterocycles. The van der Waals surface area contributed by atoms with Crippen LogP contribution in [-0.2, 0) is 9.84 Å². The molecule has 5 heteroatoms. The van der Waals surface area contributed by atoms with Gasteiger partial charge in [-0.3, -0.25) is 0 Å². The van der Waals surface area contributed by atoms with E-state index in [2.05, 4.69) is 5.32 Å². The van der Waals surface area contributed by atoms with Gasteiger partial charge in [0.05, 0.1) is 15.6 Å². The van der Waals surface area contributed by atoms with Gasteiger partial charge >= 0.3 is 0 Å². The number of hydrogen-bond acceptors (Lipinski definition) is 3. The SMILES string of the molecule is CNc1ccc(S(C)(=O)=O)cc1Cl. The summed E-state index contributed by atoms with van der Waals surface area (Å²) < 4.78 is 22.2. The van der Waals surface area contributed by atoms with Crippen molar-refractivity contribution in [3.8, 4) is 0 Å². The van der Waals surface area contributed by atoms with Crippen LogP contribution in [0.4, 0.5) is 5.69 Å². The molecule has 0 aromatic heterocycles. The normalized spacial score (nSPS) is 11.3. The Morgan fingerprint density at radius 2 is 2.00 bits per heavy atom. The third kappa shape index (κ3) is 2.35. The fourth-order valence-corrected chi connectivity index (χ4v) is 1.92. The van der Waals surface area contributed by atoms with Crippen LogP contribution >= 0.6 is 11.6 Å². The largest absolute Gasteiger partial charge is 0.387 e. The second-order valence-corrected chi connectivity index (χ2v) is 5.09. The third-order valence-electron chi connectivity index (χ3n) is 1.64. The Labute approximate surface area is 82.6 Å². The molecule has 1 aromatic rings. The van der Waals surface area contributed by atoms with Crippen LogP contribution in [0.25, 0.3) is 0 Å². The Balaban J connectivity index is 3.26. The number of nitrogens with one attached hydrogen (secondary N) is 1. The van der Waals surface area contributed by atoms with Crippen molar-refractivity contribution >= 4 is 27.1 Å². The molecule has 0 aliphatic heterocycles. The summed E-state index contributed by atoms with van der Waals surface area (Å²) in [7, 11) is -1.44. The maximum absolute atomic E-state index is 11.1. The van der Waals surface area contributed by atoms with E-state index in [0.717, 1.165) is 6.26 Å². The van der Waals surface area contributed by atoms with Gasteiger partial charge in [-0.05, 0) is 18.2 Å². The minimum Gasteiger partial charge on any atom is -0.387 e. The first-order chi connectivity index (χ1) is 5.95. The summed E-state index contributed by atoms with van der Waals surface area (Å²) in [5, 5.41) is 3.25. The van der Waals surface area contributed by atoms with E-state index < -0.39 is 9.84 Å². The van der Waals surface area contributed by atoms with E-state index in [1.807, 2.05) is 0 Å². The van der Waals surface area contributed by atoms with E-state index in [9.17, 15) is 8.42 Å². The standard InChI is InChI=1S/C8H10ClNO2S/c1-10-8-4-3-6(5-7(8)9)13(2,11)12/h3-5,10H,1-2H3. The molecular formula is C8H10ClNO2S. The Bertz CT molecular complexity index is 414. The number of anilines is 1. The summed E-state index contributed by atoms with van der Waals surface area (Å²) in [6.45, 7) is 0. The highest BCUT2D eigenvalue weighted by atomic mass is 35.5. The van der Waals surface area contributed by atoms with Gasteiger partial charge in [0.15, 0.2) is 9.84 Å². The van der Waals surface area contributed by atoms with E-state index in [0.29, 0.717) is 10.7 Å². The van der Waals surface area contributed by atoms with E-state index in [-0.39, 0.29) is 4.90 Å². The predicted molar refractivity (Wildman–Crippen MR) is 54.1 cm³/mol. The van der Waals surface area contributed by atoms with Gasteiger partial charge in [0, 0.05) is 13.3 Å². The van der Waals surface area contributed by atoms with Gasteiger partial charge in [-0.2, -0.15) is 0 Å². The zero-order valence-electron chi connectivity index (χ0n) is 7.33. The number of hydrogen-bond donors (Lipinski definition) is 1. The third-order valence-corrected chi connectivity index (χ3v) is 3.06. The molecule has 0 spiro atoms. The molecular weight excluding hydrogens is 210 g/mol. The first-order valence-corrected chi connectivity index (χ1v) is 5.89. The lowest BCUT2D eigenvalue weighted by molar-refractivity contribution is 0.602. The second-order valence-electron chi connectivity index (χ2n) is 2.66. The molecule has 0 aliphatic carbocycles. The predicted octanol–water partition coefficient (Wildman–Crippen LogP) is 1.79. The maximum Gasteiger partial charge on any atom is 0.175 e. The number of benzene rings is 1. The smallest absolute Gasteiger partial charge is 0.175 e. The topological polar surface area (TPSA) is 46.2 Å². The Morgan fingerprint density at radius 1 is 1.38 bits per heavy atom. The number of halogens is 1. The molecule has 0 atom stereocenters. The Kier molecular flexibility index (Phi) is 2.83. The monoisotopic (exact) mass is 219 g/mol. The maximum atomic E-state index is 11.1. The van der Waals surface area contributed by atoms with Crippen molar-refractivity contribution in [2.45, 2.75) is 4.90 Å². The van der Waals surface area contributed by atoms with Crippen molar-refractivity contribution < 1.29 is 8.42 Å². The molecule has 1 rings (SSSR count). The van der Waals surface area contributed by atoms with Crippen LogP contribution in [0.15, 0.2) is 23.1 Å². The zero-order valence-corrected chi connectivity index (χ0v) is 8.91. The Hall–Kier alpha value is -0.740. The van der Waals surface area contributed by atoms with Crippen molar-refractivity contribution in [1.29, 1.82) is 0 Å². The van der Waals surface area contributed by atoms with Gasteiger partial charge in [-0.15, -0.1) is 0 Å². The number of rotatable bonds is 2. The highest BCUT2D eigenvalue weighted by molar-refractivity contribution is 7.90. The van der Waals surface area contributed by atoms with Gasteiger partial charge < -0.3 is 5.32 Å². The molecule has 0 unspecified atom stereocenters. The molecule has 0 saturated carbocycles. The zero-order chi connectivity index (χ0) is 10.1. The molecule has 72 valence electrons. The molecule has 0 heterocycles. The molecule has 0 radical (unpaired) electrons. The Morgan fingerprint density at radius 3 is 2.38 bits per heavy atom. The van der Waals surface area contributed by atoms with Crippen LogP contribution in [0.2, 0.25) is 5.02 Å². The first-order valence-electron chi connectivity index (χ1n) is 3.62. The molecule has 0 fully saturated rings. The second kappa shape index (κ2) is 3.55. The van der Waals surface area contributed by atoms with E-state index in [1.165, 1.54) is 12.1 Å². The molecule has 1 aromatic carbocycles. The number of sulfone groups is 1. The van der Waals surface area contributed by atoms with Crippen molar-refractivity contribution in [1.82, 2.24) is 0 Å². The van der Waals surface area contributed by atoms with Crippen molar-refractivity contribution in [3.63, 3.8) is 0 Å². The van der Waals surface area contributed by atoms with Crippen molar-refractivity contribution in [3.05, 3.63) is 23.2 Å². The van der Waals surface area contributed by atoms with Crippen LogP contribution in [0.1, 0.15) is 0 Å². The lowest BCUT2D eigenvalue weighted by Gasteiger charge is -2.04. The average molecular weight is 220 g/mol. The summed E-state index contributed by atoms with van der Waals surface area (Å²) in [4.78, 5) is 0.233. The summed E-state index contributed by atoms with van der Waals surface area (Å²) in [5.41, 5.74) is 0.717. The minimum atomic E-state index is -3.16. The minimum absolute atomic E-state index is 0.233. The molecule has 1 N–H and O–H groups in total. The summed E-state index contributed by atoms with van der Waals surface area (Å²) in [6, 6.07) is 4.59. The van der Waals surface area contributed by atoms with Gasteiger partial charge in [0.25, 0.3) is 0 Å². The fourth-order valence-electron chi connectivity index (χ4n) is 0.929. The molecule has 3 nitrogen and oxygen atoms in total. The lowest BCUT2D eigenvalue weighted by Crippen LogP contribution is -1.98. The summed E-state index contributed by atoms with van der Waals surface area (Å²) >= 11 is 5.81. The molecule has 0 bridgehead atoms. The van der Waals surface area contributed by atoms with Crippen molar-refractivity contribution in [2.75, 3.05) is 18.6 Å². The quantitative estimate of drug-likeness (QED) is 0.825.